The zero-order valence-electron chi connectivity index (χ0n) is 4.79. The first-order chi connectivity index (χ1) is 3.56. The fraction of sp³-hybridized carbons (Fsp3) is 1.00. The third-order valence-corrected chi connectivity index (χ3v) is 1.56. The maximum Gasteiger partial charge on any atom is 0.264 e. The lowest BCUT2D eigenvalue weighted by Crippen LogP contribution is -2.02. The summed E-state index contributed by atoms with van der Waals surface area (Å²) in [6.45, 7) is 1.87. The Labute approximate surface area is 50.9 Å². The third-order valence-electron chi connectivity index (χ3n) is 0.756. The van der Waals surface area contributed by atoms with Gasteiger partial charge in [-0.2, -0.15) is 8.42 Å². The molecular formula is C4H12O3S. The van der Waals surface area contributed by atoms with Crippen molar-refractivity contribution in [1.82, 2.24) is 0 Å². The Morgan fingerprint density at radius 3 is 2.25 bits per heavy atom. The van der Waals surface area contributed by atoms with Crippen molar-refractivity contribution in [3.05, 3.63) is 0 Å². The van der Waals surface area contributed by atoms with Crippen molar-refractivity contribution in [2.24, 2.45) is 0 Å². The lowest BCUT2D eigenvalue weighted by atomic mass is 10.4. The summed E-state index contributed by atoms with van der Waals surface area (Å²) in [4.78, 5) is 0. The summed E-state index contributed by atoms with van der Waals surface area (Å²) in [6.07, 6.45) is 1.33. The summed E-state index contributed by atoms with van der Waals surface area (Å²) in [7, 11) is -3.69. The molecule has 52 valence electrons. The van der Waals surface area contributed by atoms with Crippen LogP contribution < -0.4 is 0 Å². The third kappa shape index (κ3) is 5.91. The van der Waals surface area contributed by atoms with E-state index in [0.29, 0.717) is 6.42 Å². The van der Waals surface area contributed by atoms with E-state index in [4.69, 9.17) is 4.55 Å². The van der Waals surface area contributed by atoms with Crippen LogP contribution in [0.2, 0.25) is 0 Å². The molecule has 0 aromatic heterocycles. The largest absolute Gasteiger partial charge is 0.286 e. The molecule has 0 aliphatic rings. The summed E-state index contributed by atoms with van der Waals surface area (Å²) in [5.74, 6) is -0.108. The topological polar surface area (TPSA) is 54.4 Å². The second-order valence-electron chi connectivity index (χ2n) is 1.64. The summed E-state index contributed by atoms with van der Waals surface area (Å²) in [5, 5.41) is 0. The van der Waals surface area contributed by atoms with Gasteiger partial charge in [0.1, 0.15) is 0 Å². The van der Waals surface area contributed by atoms with Gasteiger partial charge in [0.25, 0.3) is 10.1 Å². The molecule has 0 aromatic carbocycles. The standard InChI is InChI=1S/C4H10O3S.H2/c1-2-3-4-8(5,6)7;/h2-4H2,1H3,(H,5,6,7);1H. The minimum absolute atomic E-state index is 0. The summed E-state index contributed by atoms with van der Waals surface area (Å²) in [6, 6.07) is 0. The van der Waals surface area contributed by atoms with Crippen LogP contribution in [0.5, 0.6) is 0 Å². The Kier molecular flexibility index (Phi) is 3.01. The van der Waals surface area contributed by atoms with Gasteiger partial charge in [0.05, 0.1) is 5.75 Å². The smallest absolute Gasteiger partial charge is 0.264 e. The highest BCUT2D eigenvalue weighted by Gasteiger charge is 2.00. The number of unbranched alkanes of at least 4 members (excludes halogenated alkanes) is 1. The van der Waals surface area contributed by atoms with Crippen molar-refractivity contribution in [3.8, 4) is 0 Å². The van der Waals surface area contributed by atoms with Crippen LogP contribution in [0, 0.1) is 0 Å². The predicted molar refractivity (Wildman–Crippen MR) is 33.4 cm³/mol. The van der Waals surface area contributed by atoms with Crippen LogP contribution in [-0.2, 0) is 10.1 Å². The molecule has 4 heteroatoms. The normalized spacial score (nSPS) is 11.8. The summed E-state index contributed by atoms with van der Waals surface area (Å²) >= 11 is 0. The molecule has 0 aromatic rings. The molecule has 0 bridgehead atoms. The van der Waals surface area contributed by atoms with Gasteiger partial charge in [-0.25, -0.2) is 0 Å². The first-order valence-electron chi connectivity index (χ1n) is 2.51. The highest BCUT2D eigenvalue weighted by atomic mass is 32.2. The molecular weight excluding hydrogens is 128 g/mol. The van der Waals surface area contributed by atoms with Crippen LogP contribution in [0.25, 0.3) is 0 Å². The summed E-state index contributed by atoms with van der Waals surface area (Å²) < 4.78 is 28.0. The van der Waals surface area contributed by atoms with Crippen LogP contribution in [-0.4, -0.2) is 18.7 Å². The van der Waals surface area contributed by atoms with Gasteiger partial charge in [0, 0.05) is 1.43 Å². The first-order valence-corrected chi connectivity index (χ1v) is 4.12. The average Bonchev–Trinajstić information content (AvgIpc) is 1.59. The molecule has 0 rings (SSSR count). The monoisotopic (exact) mass is 140 g/mol. The van der Waals surface area contributed by atoms with E-state index < -0.39 is 10.1 Å². The number of hydrogen-bond donors (Lipinski definition) is 1. The number of rotatable bonds is 3. The molecule has 0 saturated carbocycles. The maximum atomic E-state index is 9.95. The van der Waals surface area contributed by atoms with Crippen LogP contribution in [0.4, 0.5) is 0 Å². The van der Waals surface area contributed by atoms with Gasteiger partial charge in [0.2, 0.25) is 0 Å². The molecule has 0 atom stereocenters. The van der Waals surface area contributed by atoms with E-state index in [1.165, 1.54) is 0 Å². The molecule has 3 nitrogen and oxygen atoms in total. The van der Waals surface area contributed by atoms with E-state index >= 15 is 0 Å². The molecule has 0 aliphatic heterocycles. The molecule has 1 N–H and O–H groups in total. The molecule has 0 saturated heterocycles. The van der Waals surface area contributed by atoms with E-state index in [-0.39, 0.29) is 7.18 Å². The van der Waals surface area contributed by atoms with E-state index in [2.05, 4.69) is 0 Å². The Hall–Kier alpha value is -0.0900. The second kappa shape index (κ2) is 3.04. The summed E-state index contributed by atoms with van der Waals surface area (Å²) in [5.41, 5.74) is 0. The molecule has 0 fully saturated rings. The molecule has 0 amide bonds. The zero-order valence-corrected chi connectivity index (χ0v) is 5.61. The van der Waals surface area contributed by atoms with Crippen molar-refractivity contribution in [1.29, 1.82) is 0 Å². The van der Waals surface area contributed by atoms with E-state index in [9.17, 15) is 8.42 Å². The van der Waals surface area contributed by atoms with Crippen LogP contribution in [0.1, 0.15) is 21.2 Å². The van der Waals surface area contributed by atoms with Crippen molar-refractivity contribution in [2.45, 2.75) is 19.8 Å². The van der Waals surface area contributed by atoms with E-state index in [1.54, 1.807) is 0 Å². The lowest BCUT2D eigenvalue weighted by molar-refractivity contribution is 0.480. The minimum Gasteiger partial charge on any atom is -0.286 e. The zero-order chi connectivity index (χ0) is 6.62. The van der Waals surface area contributed by atoms with Crippen molar-refractivity contribution < 1.29 is 14.4 Å². The lowest BCUT2D eigenvalue weighted by Gasteiger charge is -1.90. The SMILES string of the molecule is CCCCS(=O)(=O)O.[HH]. The Bertz CT molecular complexity index is 140. The number of hydrogen-bond acceptors (Lipinski definition) is 2. The van der Waals surface area contributed by atoms with Gasteiger partial charge in [-0.3, -0.25) is 4.55 Å². The van der Waals surface area contributed by atoms with Gasteiger partial charge in [0.15, 0.2) is 0 Å². The van der Waals surface area contributed by atoms with Crippen molar-refractivity contribution >= 4 is 10.1 Å². The van der Waals surface area contributed by atoms with Gasteiger partial charge >= 0.3 is 0 Å². The second-order valence-corrected chi connectivity index (χ2v) is 3.21. The van der Waals surface area contributed by atoms with E-state index in [1.807, 2.05) is 6.92 Å². The molecule has 0 spiro atoms. The Morgan fingerprint density at radius 1 is 1.62 bits per heavy atom. The quantitative estimate of drug-likeness (QED) is 0.593. The Balaban J connectivity index is 0. The van der Waals surface area contributed by atoms with Gasteiger partial charge in [-0.15, -0.1) is 0 Å². The minimum atomic E-state index is -3.69. The highest BCUT2D eigenvalue weighted by Crippen LogP contribution is 1.90. The molecule has 0 unspecified atom stereocenters. The van der Waals surface area contributed by atoms with Crippen LogP contribution >= 0.6 is 0 Å². The molecule has 0 heterocycles. The molecule has 8 heavy (non-hydrogen) atoms. The molecule has 0 aliphatic carbocycles. The van der Waals surface area contributed by atoms with Gasteiger partial charge in [-0.05, 0) is 6.42 Å². The van der Waals surface area contributed by atoms with Crippen molar-refractivity contribution in [2.75, 3.05) is 5.75 Å². The maximum absolute atomic E-state index is 9.95. The average molecular weight is 140 g/mol. The Morgan fingerprint density at radius 2 is 2.12 bits per heavy atom. The molecule has 0 radical (unpaired) electrons. The highest BCUT2D eigenvalue weighted by molar-refractivity contribution is 7.85. The first kappa shape index (κ1) is 7.91. The fourth-order valence-electron chi connectivity index (χ4n) is 0.327. The fourth-order valence-corrected chi connectivity index (χ4v) is 0.980. The van der Waals surface area contributed by atoms with Crippen LogP contribution in [0.3, 0.4) is 0 Å². The predicted octanol–water partition coefficient (Wildman–Crippen LogP) is 0.920. The van der Waals surface area contributed by atoms with Crippen molar-refractivity contribution in [3.63, 3.8) is 0 Å². The van der Waals surface area contributed by atoms with E-state index in [0.717, 1.165) is 6.42 Å². The van der Waals surface area contributed by atoms with Crippen LogP contribution in [0.15, 0.2) is 0 Å². The van der Waals surface area contributed by atoms with Gasteiger partial charge < -0.3 is 0 Å². The van der Waals surface area contributed by atoms with Gasteiger partial charge in [-0.1, -0.05) is 13.3 Å².